The lowest BCUT2D eigenvalue weighted by Crippen LogP contribution is -2.43. The maximum absolute atomic E-state index is 12.5. The van der Waals surface area contributed by atoms with E-state index in [0.29, 0.717) is 31.8 Å². The number of piperidine rings is 1. The van der Waals surface area contributed by atoms with Crippen LogP contribution < -0.4 is 0 Å². The van der Waals surface area contributed by atoms with Crippen molar-refractivity contribution in [1.82, 2.24) is 4.90 Å². The summed E-state index contributed by atoms with van der Waals surface area (Å²) >= 11 is 1.56. The summed E-state index contributed by atoms with van der Waals surface area (Å²) in [7, 11) is -3.03. The van der Waals surface area contributed by atoms with Gasteiger partial charge in [0.25, 0.3) is 0 Å². The molecule has 0 N–H and O–H groups in total. The zero-order valence-electron chi connectivity index (χ0n) is 14.9. The average molecular weight is 367 g/mol. The first-order chi connectivity index (χ1) is 10.7. The molecule has 1 atom stereocenters. The topological polar surface area (TPSA) is 65.1 Å². The highest BCUT2D eigenvalue weighted by molar-refractivity contribution is 8.05. The van der Waals surface area contributed by atoms with Crippen LogP contribution in [0.2, 0.25) is 0 Å². The van der Waals surface area contributed by atoms with Gasteiger partial charge in [-0.25, -0.2) is 4.79 Å². The number of hydrogen-bond acceptors (Lipinski definition) is 6. The molecule has 0 radical (unpaired) electrons. The van der Waals surface area contributed by atoms with Crippen molar-refractivity contribution < 1.29 is 23.1 Å². The Morgan fingerprint density at radius 3 is 2.39 bits per heavy atom. The molecule has 0 bridgehead atoms. The second kappa shape index (κ2) is 9.30. The molecule has 0 saturated carbocycles. The molecule has 23 heavy (non-hydrogen) atoms. The van der Waals surface area contributed by atoms with Gasteiger partial charge in [-0.2, -0.15) is 0 Å². The second-order valence-electron chi connectivity index (χ2n) is 6.43. The van der Waals surface area contributed by atoms with Crippen molar-refractivity contribution in [3.8, 4) is 0 Å². The van der Waals surface area contributed by atoms with E-state index >= 15 is 0 Å². The first kappa shape index (κ1) is 20.8. The first-order valence-corrected chi connectivity index (χ1v) is 10.9. The number of nitrogens with zero attached hydrogens (tertiary/aromatic N) is 1. The Morgan fingerprint density at radius 2 is 1.87 bits per heavy atom. The van der Waals surface area contributed by atoms with Crippen molar-refractivity contribution in [2.45, 2.75) is 58.3 Å². The molecule has 1 unspecified atom stereocenters. The van der Waals surface area contributed by atoms with E-state index in [1.807, 2.05) is 20.8 Å². The van der Waals surface area contributed by atoms with Gasteiger partial charge in [0.2, 0.25) is 0 Å². The summed E-state index contributed by atoms with van der Waals surface area (Å²) in [6.45, 7) is 11.3. The van der Waals surface area contributed by atoms with Gasteiger partial charge >= 0.3 is 13.7 Å². The van der Waals surface area contributed by atoms with Crippen LogP contribution in [0.25, 0.3) is 0 Å². The van der Waals surface area contributed by atoms with Gasteiger partial charge in [-0.1, -0.05) is 0 Å². The maximum atomic E-state index is 12.5. The lowest BCUT2D eigenvalue weighted by Gasteiger charge is -2.34. The number of hydrogen-bond donors (Lipinski definition) is 0. The number of rotatable bonds is 7. The van der Waals surface area contributed by atoms with Crippen LogP contribution in [-0.4, -0.2) is 53.6 Å². The molecule has 136 valence electrons. The molecule has 6 nitrogen and oxygen atoms in total. The predicted molar refractivity (Wildman–Crippen MR) is 94.1 cm³/mol. The number of carbonyl (C=O) groups is 1. The molecule has 1 rings (SSSR count). The zero-order chi connectivity index (χ0) is 17.5. The number of thioether (sulfide) groups is 1. The lowest BCUT2D eigenvalue weighted by atomic mass is 10.1. The van der Waals surface area contributed by atoms with Crippen LogP contribution >= 0.6 is 19.4 Å². The fraction of sp³-hybridized carbons (Fsp3) is 0.933. The number of likely N-dealkylation sites (tertiary alicyclic amines) is 1. The minimum atomic E-state index is -3.03. The van der Waals surface area contributed by atoms with E-state index in [1.54, 1.807) is 30.5 Å². The smallest absolute Gasteiger partial charge is 0.410 e. The summed E-state index contributed by atoms with van der Waals surface area (Å²) in [5.74, 6) is 0. The molecule has 0 aromatic carbocycles. The number of amides is 1. The van der Waals surface area contributed by atoms with E-state index in [-0.39, 0.29) is 11.3 Å². The van der Waals surface area contributed by atoms with E-state index in [1.165, 1.54) is 0 Å². The molecule has 1 aliphatic heterocycles. The first-order valence-electron chi connectivity index (χ1n) is 8.16. The number of carbonyl (C=O) groups excluding carboxylic acids is 1. The number of ether oxygens (including phenoxy) is 1. The molecular formula is C15H30NO5PS. The van der Waals surface area contributed by atoms with Crippen molar-refractivity contribution >= 4 is 25.5 Å². The maximum Gasteiger partial charge on any atom is 0.410 e. The van der Waals surface area contributed by atoms with Gasteiger partial charge in [0, 0.05) is 18.3 Å². The van der Waals surface area contributed by atoms with E-state index in [0.717, 1.165) is 12.8 Å². The van der Waals surface area contributed by atoms with Crippen LogP contribution in [0.15, 0.2) is 0 Å². The molecule has 1 heterocycles. The van der Waals surface area contributed by atoms with Crippen LogP contribution in [0, 0.1) is 0 Å². The van der Waals surface area contributed by atoms with Crippen LogP contribution in [0.3, 0.4) is 0 Å². The zero-order valence-corrected chi connectivity index (χ0v) is 16.6. The monoisotopic (exact) mass is 367 g/mol. The molecule has 8 heteroatoms. The van der Waals surface area contributed by atoms with E-state index in [9.17, 15) is 9.36 Å². The Bertz CT molecular complexity index is 417. The van der Waals surface area contributed by atoms with Crippen molar-refractivity contribution in [3.63, 3.8) is 0 Å². The molecule has 1 amide bonds. The third-order valence-corrected chi connectivity index (χ3v) is 7.17. The van der Waals surface area contributed by atoms with Crippen LogP contribution in [-0.2, 0) is 18.3 Å². The van der Waals surface area contributed by atoms with Crippen molar-refractivity contribution in [3.05, 3.63) is 0 Å². The Hall–Kier alpha value is -0.230. The van der Waals surface area contributed by atoms with E-state index < -0.39 is 13.2 Å². The van der Waals surface area contributed by atoms with Crippen LogP contribution in [0.4, 0.5) is 4.79 Å². The van der Waals surface area contributed by atoms with Crippen molar-refractivity contribution in [1.29, 1.82) is 0 Å². The molecule has 0 aromatic heterocycles. The molecule has 0 spiro atoms. The summed E-state index contributed by atoms with van der Waals surface area (Å²) in [5, 5.41) is 0.227. The molecular weight excluding hydrogens is 337 g/mol. The molecule has 1 fully saturated rings. The quantitative estimate of drug-likeness (QED) is 0.624. The highest BCUT2D eigenvalue weighted by Crippen LogP contribution is 2.51. The van der Waals surface area contributed by atoms with E-state index in [4.69, 9.17) is 13.8 Å². The minimum Gasteiger partial charge on any atom is -0.444 e. The summed E-state index contributed by atoms with van der Waals surface area (Å²) < 4.78 is 28.5. The fourth-order valence-electron chi connectivity index (χ4n) is 2.27. The Labute approximate surface area is 144 Å². The Morgan fingerprint density at radius 1 is 1.26 bits per heavy atom. The highest BCUT2D eigenvalue weighted by Gasteiger charge is 2.31. The summed E-state index contributed by atoms with van der Waals surface area (Å²) in [4.78, 5) is 13.9. The van der Waals surface area contributed by atoms with Crippen molar-refractivity contribution in [2.24, 2.45) is 0 Å². The Kier molecular flexibility index (Phi) is 8.42. The van der Waals surface area contributed by atoms with Crippen LogP contribution in [0.1, 0.15) is 47.5 Å². The lowest BCUT2D eigenvalue weighted by molar-refractivity contribution is 0.0220. The SMILES string of the molecule is CCOP(=O)(CSC1CCCN(C(=O)OC(C)(C)C)C1)OCC. The third kappa shape index (κ3) is 7.92. The van der Waals surface area contributed by atoms with Gasteiger partial charge < -0.3 is 18.7 Å². The second-order valence-corrected chi connectivity index (χ2v) is 10.2. The molecule has 1 aliphatic rings. The van der Waals surface area contributed by atoms with E-state index in [2.05, 4.69) is 0 Å². The van der Waals surface area contributed by atoms with Gasteiger partial charge in [0.1, 0.15) is 5.60 Å². The minimum absolute atomic E-state index is 0.227. The molecule has 0 aromatic rings. The van der Waals surface area contributed by atoms with Crippen molar-refractivity contribution in [2.75, 3.05) is 31.8 Å². The standard InChI is InChI=1S/C15H30NO5PS/c1-6-19-22(18,20-7-2)12-23-13-9-8-10-16(11-13)14(17)21-15(3,4)5/h13H,6-12H2,1-5H3. The summed E-state index contributed by atoms with van der Waals surface area (Å²) in [6.07, 6.45) is 1.63. The average Bonchev–Trinajstić information content (AvgIpc) is 2.44. The predicted octanol–water partition coefficient (Wildman–Crippen LogP) is 4.34. The normalized spacial score (nSPS) is 19.7. The molecule has 0 aliphatic carbocycles. The van der Waals surface area contributed by atoms with Crippen LogP contribution in [0.5, 0.6) is 0 Å². The summed E-state index contributed by atoms with van der Waals surface area (Å²) in [6, 6.07) is 0. The van der Waals surface area contributed by atoms with Gasteiger partial charge in [-0.3, -0.25) is 4.57 Å². The summed E-state index contributed by atoms with van der Waals surface area (Å²) in [5.41, 5.74) is -0.168. The van der Waals surface area contributed by atoms with Gasteiger partial charge in [0.05, 0.1) is 18.7 Å². The third-order valence-electron chi connectivity index (χ3n) is 3.15. The fourth-order valence-corrected chi connectivity index (χ4v) is 5.92. The van der Waals surface area contributed by atoms with Gasteiger partial charge in [-0.15, -0.1) is 11.8 Å². The van der Waals surface area contributed by atoms with Gasteiger partial charge in [-0.05, 0) is 47.5 Å². The highest BCUT2D eigenvalue weighted by atomic mass is 32.2. The Balaban J connectivity index is 2.52. The molecule has 1 saturated heterocycles. The van der Waals surface area contributed by atoms with Gasteiger partial charge in [0.15, 0.2) is 0 Å². The largest absolute Gasteiger partial charge is 0.444 e.